The molecular formula is C37H30N2O4S2. The predicted molar refractivity (Wildman–Crippen MR) is 180 cm³/mol. The normalized spacial score (nSPS) is 11.8. The molecule has 45 heavy (non-hydrogen) atoms. The van der Waals surface area contributed by atoms with Crippen LogP contribution in [0.25, 0.3) is 44.4 Å². The van der Waals surface area contributed by atoms with Gasteiger partial charge in [-0.1, -0.05) is 78.4 Å². The summed E-state index contributed by atoms with van der Waals surface area (Å²) in [7, 11) is -2.70. The van der Waals surface area contributed by atoms with E-state index in [0.717, 1.165) is 27.6 Å². The zero-order valence-corrected chi connectivity index (χ0v) is 26.9. The van der Waals surface area contributed by atoms with E-state index in [1.807, 2.05) is 98.9 Å². The molecule has 0 fully saturated rings. The van der Waals surface area contributed by atoms with Gasteiger partial charge in [-0.05, 0) is 73.2 Å². The summed E-state index contributed by atoms with van der Waals surface area (Å²) in [6, 6.07) is 33.8. The van der Waals surface area contributed by atoms with E-state index >= 15 is 0 Å². The summed E-state index contributed by atoms with van der Waals surface area (Å²) in [6.45, 7) is 5.56. The van der Waals surface area contributed by atoms with E-state index in [2.05, 4.69) is 6.07 Å². The van der Waals surface area contributed by atoms with Gasteiger partial charge in [-0.25, -0.2) is 12.4 Å². The first-order chi connectivity index (χ1) is 21.6. The van der Waals surface area contributed by atoms with Gasteiger partial charge in [-0.3, -0.25) is 4.79 Å². The summed E-state index contributed by atoms with van der Waals surface area (Å²) in [5.74, 6) is -0.340. The number of methoxy groups -OCH3 is 1. The number of carbonyl (C=O) groups excluding carboxylic acids is 1. The Kier molecular flexibility index (Phi) is 7.69. The lowest BCUT2D eigenvalue weighted by atomic mass is 9.83. The SMILES string of the molecule is COC(=O)C(C)(C)c1cccc(-c2cccc(-c3c(-c4ccsc4C#N)c4ccccc4n3S(=O)(=O)c3ccc(C)cc3)c2)c1. The number of benzene rings is 4. The van der Waals surface area contributed by atoms with Crippen LogP contribution in [0, 0.1) is 18.3 Å². The fraction of sp³-hybridized carbons (Fsp3) is 0.135. The van der Waals surface area contributed by atoms with Crippen LogP contribution in [0.5, 0.6) is 0 Å². The summed E-state index contributed by atoms with van der Waals surface area (Å²) >= 11 is 1.32. The Bertz CT molecular complexity index is 2230. The first kappa shape index (κ1) is 30.1. The highest BCUT2D eigenvalue weighted by molar-refractivity contribution is 7.90. The Morgan fingerprint density at radius 2 is 1.53 bits per heavy atom. The summed E-state index contributed by atoms with van der Waals surface area (Å²) in [5, 5.41) is 12.6. The van der Waals surface area contributed by atoms with E-state index in [-0.39, 0.29) is 10.9 Å². The van der Waals surface area contributed by atoms with Crippen molar-refractivity contribution in [2.75, 3.05) is 7.11 Å². The summed E-state index contributed by atoms with van der Waals surface area (Å²) in [5.41, 5.74) is 5.61. The molecular weight excluding hydrogens is 601 g/mol. The third kappa shape index (κ3) is 5.14. The number of nitrogens with zero attached hydrogens (tertiary/aromatic N) is 2. The Balaban J connectivity index is 1.66. The molecule has 8 heteroatoms. The molecule has 0 aliphatic carbocycles. The molecule has 0 saturated carbocycles. The van der Waals surface area contributed by atoms with Crippen LogP contribution in [-0.2, 0) is 25.0 Å². The fourth-order valence-corrected chi connectivity index (χ4v) is 7.95. The second-order valence-corrected chi connectivity index (χ2v) is 14.1. The van der Waals surface area contributed by atoms with Gasteiger partial charge in [0.1, 0.15) is 10.9 Å². The average molecular weight is 631 g/mol. The smallest absolute Gasteiger partial charge is 0.315 e. The number of nitriles is 1. The number of carbonyl (C=O) groups is 1. The summed E-state index contributed by atoms with van der Waals surface area (Å²) in [6.07, 6.45) is 0. The minimum Gasteiger partial charge on any atom is -0.468 e. The van der Waals surface area contributed by atoms with Gasteiger partial charge in [0, 0.05) is 22.1 Å². The first-order valence-electron chi connectivity index (χ1n) is 14.3. The van der Waals surface area contributed by atoms with E-state index in [1.54, 1.807) is 30.3 Å². The Morgan fingerprint density at radius 1 is 0.867 bits per heavy atom. The molecule has 6 rings (SSSR count). The molecule has 0 N–H and O–H groups in total. The van der Waals surface area contributed by atoms with Crippen LogP contribution in [0.1, 0.15) is 29.9 Å². The number of thiophene rings is 1. The zero-order chi connectivity index (χ0) is 31.9. The molecule has 2 aromatic heterocycles. The monoisotopic (exact) mass is 630 g/mol. The van der Waals surface area contributed by atoms with Crippen molar-refractivity contribution in [3.8, 4) is 39.6 Å². The molecule has 6 nitrogen and oxygen atoms in total. The third-order valence-corrected chi connectivity index (χ3v) is 10.7. The van der Waals surface area contributed by atoms with Crippen LogP contribution >= 0.6 is 11.3 Å². The minimum atomic E-state index is -4.08. The lowest BCUT2D eigenvalue weighted by Crippen LogP contribution is -2.30. The molecule has 224 valence electrons. The maximum absolute atomic E-state index is 14.5. The van der Waals surface area contributed by atoms with Crippen LogP contribution in [-0.4, -0.2) is 25.5 Å². The highest BCUT2D eigenvalue weighted by atomic mass is 32.2. The van der Waals surface area contributed by atoms with Gasteiger partial charge in [0.2, 0.25) is 0 Å². The van der Waals surface area contributed by atoms with E-state index in [9.17, 15) is 18.5 Å². The number of rotatable bonds is 7. The number of hydrogen-bond acceptors (Lipinski definition) is 6. The van der Waals surface area contributed by atoms with Crippen LogP contribution < -0.4 is 0 Å². The van der Waals surface area contributed by atoms with Crippen LogP contribution in [0.2, 0.25) is 0 Å². The van der Waals surface area contributed by atoms with Crippen molar-refractivity contribution in [1.29, 1.82) is 5.26 Å². The van der Waals surface area contributed by atoms with Crippen molar-refractivity contribution in [2.45, 2.75) is 31.1 Å². The molecule has 0 aliphatic rings. The van der Waals surface area contributed by atoms with Gasteiger partial charge in [0.25, 0.3) is 10.0 Å². The van der Waals surface area contributed by atoms with Crippen molar-refractivity contribution in [3.05, 3.63) is 125 Å². The maximum atomic E-state index is 14.5. The Morgan fingerprint density at radius 3 is 2.24 bits per heavy atom. The van der Waals surface area contributed by atoms with Crippen molar-refractivity contribution in [1.82, 2.24) is 3.97 Å². The Labute approximate surface area is 266 Å². The van der Waals surface area contributed by atoms with Crippen molar-refractivity contribution in [3.63, 3.8) is 0 Å². The second kappa shape index (κ2) is 11.5. The first-order valence-corrected chi connectivity index (χ1v) is 16.6. The van der Waals surface area contributed by atoms with Gasteiger partial charge in [-0.15, -0.1) is 11.3 Å². The average Bonchev–Trinajstić information content (AvgIpc) is 3.67. The standard InChI is InChI=1S/C37H30N2O4S2/c1-24-15-17-29(18-16-24)45(41,42)39-32-14-6-5-13-30(32)34(31-19-20-44-33(31)23-38)35(39)27-11-7-9-25(21-27)26-10-8-12-28(22-26)37(2,3)36(40)43-4/h5-22H,1-4H3. The number of hydrogen-bond donors (Lipinski definition) is 0. The molecule has 0 unspecified atom stereocenters. The predicted octanol–water partition coefficient (Wildman–Crippen LogP) is 8.57. The van der Waals surface area contributed by atoms with Crippen molar-refractivity contribution >= 4 is 38.2 Å². The second-order valence-electron chi connectivity index (χ2n) is 11.4. The van der Waals surface area contributed by atoms with E-state index in [1.165, 1.54) is 22.4 Å². The third-order valence-electron chi connectivity index (χ3n) is 8.18. The molecule has 0 spiro atoms. The van der Waals surface area contributed by atoms with Crippen LogP contribution in [0.3, 0.4) is 0 Å². The van der Waals surface area contributed by atoms with Crippen LogP contribution in [0.4, 0.5) is 0 Å². The van der Waals surface area contributed by atoms with Gasteiger partial charge >= 0.3 is 5.97 Å². The van der Waals surface area contributed by atoms with Gasteiger partial charge in [-0.2, -0.15) is 5.26 Å². The molecule has 0 saturated heterocycles. The Hall–Kier alpha value is -4.97. The van der Waals surface area contributed by atoms with E-state index in [4.69, 9.17) is 4.74 Å². The van der Waals surface area contributed by atoms with Gasteiger partial charge < -0.3 is 4.74 Å². The highest BCUT2D eigenvalue weighted by Gasteiger charge is 2.32. The lowest BCUT2D eigenvalue weighted by Gasteiger charge is -2.22. The molecule has 2 heterocycles. The molecule has 4 aromatic carbocycles. The largest absolute Gasteiger partial charge is 0.468 e. The number of aromatic nitrogens is 1. The molecule has 0 atom stereocenters. The summed E-state index contributed by atoms with van der Waals surface area (Å²) in [4.78, 5) is 13.2. The minimum absolute atomic E-state index is 0.168. The molecule has 0 aliphatic heterocycles. The van der Waals surface area contributed by atoms with Crippen molar-refractivity contribution in [2.24, 2.45) is 0 Å². The van der Waals surface area contributed by atoms with Crippen molar-refractivity contribution < 1.29 is 17.9 Å². The molecule has 0 amide bonds. The quantitative estimate of drug-likeness (QED) is 0.165. The number of esters is 1. The number of ether oxygens (including phenoxy) is 1. The zero-order valence-electron chi connectivity index (χ0n) is 25.2. The number of para-hydroxylation sites is 1. The van der Waals surface area contributed by atoms with E-state index in [0.29, 0.717) is 32.8 Å². The number of fused-ring (bicyclic) bond motifs is 1. The van der Waals surface area contributed by atoms with Crippen LogP contribution in [0.15, 0.2) is 113 Å². The lowest BCUT2D eigenvalue weighted by molar-refractivity contribution is -0.146. The van der Waals surface area contributed by atoms with Gasteiger partial charge in [0.05, 0.1) is 28.6 Å². The van der Waals surface area contributed by atoms with Gasteiger partial charge in [0.15, 0.2) is 0 Å². The number of aryl methyl sites for hydroxylation is 1. The summed E-state index contributed by atoms with van der Waals surface area (Å²) < 4.78 is 35.6. The molecule has 6 aromatic rings. The topological polar surface area (TPSA) is 89.2 Å². The molecule has 0 radical (unpaired) electrons. The highest BCUT2D eigenvalue weighted by Crippen LogP contribution is 2.45. The van der Waals surface area contributed by atoms with E-state index < -0.39 is 15.4 Å². The molecule has 0 bridgehead atoms. The fourth-order valence-electron chi connectivity index (χ4n) is 5.71. The maximum Gasteiger partial charge on any atom is 0.315 e.